The van der Waals surface area contributed by atoms with Crippen LogP contribution >= 0.6 is 0 Å². The predicted molar refractivity (Wildman–Crippen MR) is 119 cm³/mol. The van der Waals surface area contributed by atoms with E-state index >= 15 is 0 Å². The fourth-order valence-electron chi connectivity index (χ4n) is 1.98. The van der Waals surface area contributed by atoms with Crippen molar-refractivity contribution in [1.29, 1.82) is 21.0 Å². The van der Waals surface area contributed by atoms with Crippen molar-refractivity contribution in [3.63, 3.8) is 0 Å². The first-order valence-electron chi connectivity index (χ1n) is 9.65. The van der Waals surface area contributed by atoms with Gasteiger partial charge in [0.25, 0.3) is 0 Å². The van der Waals surface area contributed by atoms with Crippen molar-refractivity contribution in [3.05, 3.63) is 70.8 Å². The number of carbonyl (C=O) groups is 1. The van der Waals surface area contributed by atoms with E-state index in [1.54, 1.807) is 69.3 Å². The summed E-state index contributed by atoms with van der Waals surface area (Å²) < 4.78 is 4.90. The van der Waals surface area contributed by atoms with Crippen LogP contribution in [-0.2, 0) is 4.74 Å². The van der Waals surface area contributed by atoms with Gasteiger partial charge >= 0.3 is 6.09 Å². The average molecular weight is 447 g/mol. The number of hydrogen-bond acceptors (Lipinski definition) is 8. The third kappa shape index (κ3) is 12.1. The van der Waals surface area contributed by atoms with Crippen molar-refractivity contribution in [2.75, 3.05) is 13.2 Å². The molecule has 0 aliphatic carbocycles. The summed E-state index contributed by atoms with van der Waals surface area (Å²) in [4.78, 5) is 11.0. The first kappa shape index (κ1) is 28.6. The number of nitriles is 4. The summed E-state index contributed by atoms with van der Waals surface area (Å²) in [5, 5.41) is 53.4. The number of nitrogens with one attached hydrogen (secondary N) is 1. The van der Waals surface area contributed by atoms with Crippen LogP contribution in [0.15, 0.2) is 48.5 Å². The van der Waals surface area contributed by atoms with Crippen molar-refractivity contribution in [2.45, 2.75) is 32.4 Å². The van der Waals surface area contributed by atoms with Crippen molar-refractivity contribution in [1.82, 2.24) is 5.32 Å². The zero-order valence-corrected chi connectivity index (χ0v) is 18.6. The lowest BCUT2D eigenvalue weighted by atomic mass is 10.1. The minimum absolute atomic E-state index is 0.310. The first-order valence-corrected chi connectivity index (χ1v) is 9.65. The number of carbonyl (C=O) groups excluding carboxylic acids is 1. The molecule has 0 heterocycles. The summed E-state index contributed by atoms with van der Waals surface area (Å²) in [6.45, 7) is 4.59. The summed E-state index contributed by atoms with van der Waals surface area (Å²) in [7, 11) is 0. The first-order chi connectivity index (χ1) is 15.6. The van der Waals surface area contributed by atoms with E-state index in [-0.39, 0.29) is 13.2 Å². The van der Waals surface area contributed by atoms with E-state index in [0.717, 1.165) is 0 Å². The second kappa shape index (κ2) is 15.4. The normalized spacial score (nSPS) is 9.27. The Balaban J connectivity index is 0.000000470. The van der Waals surface area contributed by atoms with Crippen molar-refractivity contribution >= 4 is 6.09 Å². The third-order valence-corrected chi connectivity index (χ3v) is 3.50. The number of amides is 1. The topological polar surface area (TPSA) is 174 Å². The lowest BCUT2D eigenvalue weighted by Gasteiger charge is -2.21. The van der Waals surface area contributed by atoms with Crippen LogP contribution in [0.2, 0.25) is 0 Å². The van der Waals surface area contributed by atoms with Gasteiger partial charge in [0.2, 0.25) is 0 Å². The van der Waals surface area contributed by atoms with Gasteiger partial charge in [0.15, 0.2) is 0 Å². The molecule has 0 spiro atoms. The number of alkyl carbamates (subject to hydrolysis) is 1. The molecule has 3 N–H and O–H groups in total. The second-order valence-electron chi connectivity index (χ2n) is 7.25. The van der Waals surface area contributed by atoms with Gasteiger partial charge in [-0.25, -0.2) is 4.79 Å². The molecule has 1 amide bonds. The van der Waals surface area contributed by atoms with Gasteiger partial charge in [-0.05, 0) is 45.0 Å². The van der Waals surface area contributed by atoms with Gasteiger partial charge in [-0.3, -0.25) is 0 Å². The molecule has 0 aliphatic rings. The largest absolute Gasteiger partial charge is 0.444 e. The molecule has 0 fully saturated rings. The molecule has 0 radical (unpaired) electrons. The molecule has 0 atom stereocenters. The fourth-order valence-corrected chi connectivity index (χ4v) is 1.98. The van der Waals surface area contributed by atoms with Gasteiger partial charge in [-0.2, -0.15) is 21.0 Å². The monoisotopic (exact) mass is 447 g/mol. The van der Waals surface area contributed by atoms with Gasteiger partial charge in [0.05, 0.1) is 41.5 Å². The maximum absolute atomic E-state index is 11.0. The SMILES string of the molecule is CC(C)(C)OC(=O)NC(CO)CO.N#Cc1ccccc1C#N.N#Cc1ccccc1C#N. The van der Waals surface area contributed by atoms with Crippen LogP contribution in [0.4, 0.5) is 4.79 Å². The quantitative estimate of drug-likeness (QED) is 0.643. The van der Waals surface area contributed by atoms with E-state index in [4.69, 9.17) is 36.0 Å². The number of rotatable bonds is 3. The van der Waals surface area contributed by atoms with E-state index in [9.17, 15) is 4.79 Å². The molecular weight excluding hydrogens is 422 g/mol. The highest BCUT2D eigenvalue weighted by atomic mass is 16.6. The molecule has 2 aromatic carbocycles. The smallest absolute Gasteiger partial charge is 0.408 e. The Hall–Kier alpha value is -4.41. The minimum Gasteiger partial charge on any atom is -0.444 e. The van der Waals surface area contributed by atoms with Crippen molar-refractivity contribution < 1.29 is 19.7 Å². The van der Waals surface area contributed by atoms with Crippen LogP contribution in [-0.4, -0.2) is 41.2 Å². The molecule has 9 nitrogen and oxygen atoms in total. The Morgan fingerprint density at radius 1 is 0.818 bits per heavy atom. The van der Waals surface area contributed by atoms with Crippen LogP contribution < -0.4 is 5.32 Å². The molecule has 0 aliphatic heterocycles. The fraction of sp³-hybridized carbons (Fsp3) is 0.292. The number of aliphatic hydroxyl groups is 2. The second-order valence-corrected chi connectivity index (χ2v) is 7.25. The zero-order valence-electron chi connectivity index (χ0n) is 18.6. The minimum atomic E-state index is -0.658. The predicted octanol–water partition coefficient (Wildman–Crippen LogP) is 2.72. The van der Waals surface area contributed by atoms with Gasteiger partial charge in [0.1, 0.15) is 29.9 Å². The van der Waals surface area contributed by atoms with E-state index in [1.807, 2.05) is 24.3 Å². The van der Waals surface area contributed by atoms with Crippen LogP contribution in [0.3, 0.4) is 0 Å². The number of benzene rings is 2. The summed E-state index contributed by atoms with van der Waals surface area (Å²) >= 11 is 0. The Bertz CT molecular complexity index is 929. The van der Waals surface area contributed by atoms with Crippen LogP contribution in [0.1, 0.15) is 43.0 Å². The van der Waals surface area contributed by atoms with Gasteiger partial charge in [-0.15, -0.1) is 0 Å². The number of hydrogen-bond donors (Lipinski definition) is 3. The molecular formula is C24H25N5O4. The molecule has 2 aromatic rings. The molecule has 9 heteroatoms. The molecule has 0 aromatic heterocycles. The maximum Gasteiger partial charge on any atom is 0.408 e. The number of nitrogens with zero attached hydrogens (tertiary/aromatic N) is 4. The lowest BCUT2D eigenvalue weighted by molar-refractivity contribution is 0.0450. The summed E-state index contributed by atoms with van der Waals surface area (Å²) in [5.41, 5.74) is 1.17. The van der Waals surface area contributed by atoms with E-state index in [1.165, 1.54) is 0 Å². The lowest BCUT2D eigenvalue weighted by Crippen LogP contribution is -2.42. The van der Waals surface area contributed by atoms with Gasteiger partial charge in [-0.1, -0.05) is 24.3 Å². The van der Waals surface area contributed by atoms with Crippen molar-refractivity contribution in [3.8, 4) is 24.3 Å². The number of aliphatic hydroxyl groups excluding tert-OH is 2. The molecule has 0 saturated heterocycles. The Morgan fingerprint density at radius 2 is 1.12 bits per heavy atom. The van der Waals surface area contributed by atoms with Gasteiger partial charge in [0, 0.05) is 0 Å². The van der Waals surface area contributed by atoms with E-state index < -0.39 is 17.7 Å². The highest BCUT2D eigenvalue weighted by Gasteiger charge is 2.18. The van der Waals surface area contributed by atoms with E-state index in [0.29, 0.717) is 22.3 Å². The van der Waals surface area contributed by atoms with Crippen LogP contribution in [0.5, 0.6) is 0 Å². The summed E-state index contributed by atoms with van der Waals surface area (Å²) in [5.74, 6) is 0. The van der Waals surface area contributed by atoms with Gasteiger partial charge < -0.3 is 20.3 Å². The average Bonchev–Trinajstić information content (AvgIpc) is 2.81. The maximum atomic E-state index is 11.0. The Kier molecular flexibility index (Phi) is 13.3. The summed E-state index contributed by atoms with van der Waals surface area (Å²) in [6.07, 6.45) is -0.638. The molecule has 170 valence electrons. The number of ether oxygens (including phenoxy) is 1. The Morgan fingerprint density at radius 3 is 1.33 bits per heavy atom. The van der Waals surface area contributed by atoms with Crippen LogP contribution in [0, 0.1) is 45.3 Å². The highest BCUT2D eigenvalue weighted by Crippen LogP contribution is 2.07. The molecule has 0 unspecified atom stereocenters. The van der Waals surface area contributed by atoms with E-state index in [2.05, 4.69) is 5.32 Å². The van der Waals surface area contributed by atoms with Crippen LogP contribution in [0.25, 0.3) is 0 Å². The molecule has 33 heavy (non-hydrogen) atoms. The molecule has 2 rings (SSSR count). The molecule has 0 saturated carbocycles. The Labute approximate surface area is 193 Å². The summed E-state index contributed by atoms with van der Waals surface area (Å²) in [6, 6.07) is 20.5. The molecule has 0 bridgehead atoms. The third-order valence-electron chi connectivity index (χ3n) is 3.50. The van der Waals surface area contributed by atoms with Crippen molar-refractivity contribution in [2.24, 2.45) is 0 Å². The zero-order chi connectivity index (χ0) is 25.3. The standard InChI is InChI=1S/2C8H4N2.C8H17NO4/c2*9-5-7-3-1-2-4-8(7)6-10;1-8(2,3)13-7(12)9-6(4-10)5-11/h2*1-4H;6,10-11H,4-5H2,1-3H3,(H,9,12). The highest BCUT2D eigenvalue weighted by molar-refractivity contribution is 5.68.